The number of benzene rings is 1. The van der Waals surface area contributed by atoms with Gasteiger partial charge < -0.3 is 15.7 Å². The van der Waals surface area contributed by atoms with Crippen molar-refractivity contribution in [2.75, 3.05) is 6.61 Å². The molecule has 1 fully saturated rings. The van der Waals surface area contributed by atoms with E-state index >= 15 is 0 Å². The van der Waals surface area contributed by atoms with Gasteiger partial charge in [-0.05, 0) is 5.56 Å². The molecule has 1 heterocycles. The lowest BCUT2D eigenvalue weighted by atomic mass is 10.0. The summed E-state index contributed by atoms with van der Waals surface area (Å²) in [7, 11) is 0. The van der Waals surface area contributed by atoms with E-state index in [2.05, 4.69) is 10.6 Å². The zero-order valence-electron chi connectivity index (χ0n) is 8.51. The Balaban J connectivity index is 2.19. The summed E-state index contributed by atoms with van der Waals surface area (Å²) in [6.07, 6.45) is 0. The first-order valence-electron chi connectivity index (χ1n) is 4.99. The summed E-state index contributed by atoms with van der Waals surface area (Å²) in [5.41, 5.74) is 0.727. The van der Waals surface area contributed by atoms with Crippen LogP contribution in [0.25, 0.3) is 0 Å². The highest BCUT2D eigenvalue weighted by Crippen LogP contribution is 2.15. The van der Waals surface area contributed by atoms with Gasteiger partial charge in [0.1, 0.15) is 12.1 Å². The van der Waals surface area contributed by atoms with Crippen LogP contribution in [-0.4, -0.2) is 29.6 Å². The molecule has 5 heteroatoms. The normalized spacial score (nSPS) is 24.8. The fourth-order valence-electron chi connectivity index (χ4n) is 1.64. The first-order chi connectivity index (χ1) is 7.72. The van der Waals surface area contributed by atoms with Crippen LogP contribution in [0.3, 0.4) is 0 Å². The standard InChI is InChI=1S/C11H12N2O3/c14-6-8-10(15)13-9(11(16)12-8)7-4-2-1-3-5-7/h1-5,8-9,14H,6H2,(H,12,16)(H,13,15). The highest BCUT2D eigenvalue weighted by molar-refractivity contribution is 5.97. The van der Waals surface area contributed by atoms with E-state index in [4.69, 9.17) is 5.11 Å². The third kappa shape index (κ3) is 1.90. The first kappa shape index (κ1) is 10.6. The van der Waals surface area contributed by atoms with Crippen molar-refractivity contribution in [1.29, 1.82) is 0 Å². The summed E-state index contributed by atoms with van der Waals surface area (Å²) >= 11 is 0. The molecule has 2 unspecified atom stereocenters. The second kappa shape index (κ2) is 4.32. The average Bonchev–Trinajstić information content (AvgIpc) is 2.32. The lowest BCUT2D eigenvalue weighted by Gasteiger charge is -2.28. The van der Waals surface area contributed by atoms with Crippen LogP contribution in [0.5, 0.6) is 0 Å². The van der Waals surface area contributed by atoms with E-state index in [1.165, 1.54) is 0 Å². The molecule has 16 heavy (non-hydrogen) atoms. The second-order valence-electron chi connectivity index (χ2n) is 3.60. The Bertz CT molecular complexity index is 405. The summed E-state index contributed by atoms with van der Waals surface area (Å²) < 4.78 is 0. The minimum atomic E-state index is -0.840. The molecule has 0 radical (unpaired) electrons. The van der Waals surface area contributed by atoms with E-state index in [1.807, 2.05) is 6.07 Å². The molecule has 0 aliphatic carbocycles. The highest BCUT2D eigenvalue weighted by Gasteiger charge is 2.33. The quantitative estimate of drug-likeness (QED) is 0.618. The number of nitrogens with one attached hydrogen (secondary N) is 2. The van der Waals surface area contributed by atoms with Crippen molar-refractivity contribution in [2.24, 2.45) is 0 Å². The third-order valence-electron chi connectivity index (χ3n) is 2.50. The van der Waals surface area contributed by atoms with Crippen molar-refractivity contribution in [2.45, 2.75) is 12.1 Å². The van der Waals surface area contributed by atoms with Gasteiger partial charge in [0, 0.05) is 0 Å². The van der Waals surface area contributed by atoms with Crippen molar-refractivity contribution >= 4 is 11.8 Å². The van der Waals surface area contributed by atoms with E-state index in [9.17, 15) is 9.59 Å². The topological polar surface area (TPSA) is 78.4 Å². The predicted octanol–water partition coefficient (Wildman–Crippen LogP) is -0.665. The Morgan fingerprint density at radius 2 is 1.75 bits per heavy atom. The number of carbonyl (C=O) groups is 2. The first-order valence-corrected chi connectivity index (χ1v) is 4.99. The molecule has 1 saturated heterocycles. The molecular formula is C11H12N2O3. The fraction of sp³-hybridized carbons (Fsp3) is 0.273. The van der Waals surface area contributed by atoms with Crippen LogP contribution in [0.1, 0.15) is 11.6 Å². The van der Waals surface area contributed by atoms with Gasteiger partial charge in [-0.3, -0.25) is 9.59 Å². The Morgan fingerprint density at radius 3 is 2.38 bits per heavy atom. The number of amides is 2. The van der Waals surface area contributed by atoms with Gasteiger partial charge in [0.2, 0.25) is 11.8 Å². The van der Waals surface area contributed by atoms with E-state index in [1.54, 1.807) is 24.3 Å². The zero-order chi connectivity index (χ0) is 11.5. The molecule has 2 rings (SSSR count). The van der Waals surface area contributed by atoms with Crippen molar-refractivity contribution in [3.05, 3.63) is 35.9 Å². The van der Waals surface area contributed by atoms with Gasteiger partial charge in [0.25, 0.3) is 0 Å². The number of piperazine rings is 1. The lowest BCUT2D eigenvalue weighted by Crippen LogP contribution is -2.58. The average molecular weight is 220 g/mol. The van der Waals surface area contributed by atoms with Crippen molar-refractivity contribution in [3.8, 4) is 0 Å². The van der Waals surface area contributed by atoms with Crippen molar-refractivity contribution in [1.82, 2.24) is 10.6 Å². The molecule has 1 aliphatic heterocycles. The molecule has 0 bridgehead atoms. The minimum absolute atomic E-state index is 0.301. The number of rotatable bonds is 2. The van der Waals surface area contributed by atoms with E-state index in [-0.39, 0.29) is 18.4 Å². The van der Waals surface area contributed by atoms with Crippen LogP contribution in [-0.2, 0) is 9.59 Å². The van der Waals surface area contributed by atoms with Gasteiger partial charge in [-0.2, -0.15) is 0 Å². The summed E-state index contributed by atoms with van der Waals surface area (Å²) in [5.74, 6) is -0.666. The predicted molar refractivity (Wildman–Crippen MR) is 56.3 cm³/mol. The third-order valence-corrected chi connectivity index (χ3v) is 2.50. The minimum Gasteiger partial charge on any atom is -0.394 e. The Kier molecular flexibility index (Phi) is 2.87. The summed E-state index contributed by atoms with van der Waals surface area (Å²) in [6.45, 7) is -0.390. The lowest BCUT2D eigenvalue weighted by molar-refractivity contribution is -0.137. The zero-order valence-corrected chi connectivity index (χ0v) is 8.51. The van der Waals surface area contributed by atoms with Crippen LogP contribution in [0.15, 0.2) is 30.3 Å². The monoisotopic (exact) mass is 220 g/mol. The Labute approximate surface area is 92.5 Å². The van der Waals surface area contributed by atoms with Gasteiger partial charge in [-0.1, -0.05) is 30.3 Å². The summed E-state index contributed by atoms with van der Waals surface area (Å²) in [4.78, 5) is 23.1. The second-order valence-corrected chi connectivity index (χ2v) is 3.60. The Morgan fingerprint density at radius 1 is 1.06 bits per heavy atom. The number of hydrogen-bond donors (Lipinski definition) is 3. The van der Waals surface area contributed by atoms with Gasteiger partial charge in [0.05, 0.1) is 6.61 Å². The molecule has 1 aromatic carbocycles. The molecule has 5 nitrogen and oxygen atoms in total. The molecule has 0 aromatic heterocycles. The smallest absolute Gasteiger partial charge is 0.247 e. The van der Waals surface area contributed by atoms with Gasteiger partial charge >= 0.3 is 0 Å². The summed E-state index contributed by atoms with van der Waals surface area (Å²) in [5, 5.41) is 13.9. The molecule has 0 spiro atoms. The van der Waals surface area contributed by atoms with Crippen LogP contribution in [0.4, 0.5) is 0 Å². The molecular weight excluding hydrogens is 208 g/mol. The van der Waals surface area contributed by atoms with Crippen LogP contribution in [0.2, 0.25) is 0 Å². The maximum Gasteiger partial charge on any atom is 0.247 e. The molecule has 84 valence electrons. The van der Waals surface area contributed by atoms with Crippen LogP contribution < -0.4 is 10.6 Å². The van der Waals surface area contributed by atoms with Gasteiger partial charge in [-0.15, -0.1) is 0 Å². The SMILES string of the molecule is O=C1NC(c2ccccc2)C(=O)NC1CO. The highest BCUT2D eigenvalue weighted by atomic mass is 16.3. The molecule has 1 aliphatic rings. The number of aliphatic hydroxyl groups is 1. The summed E-state index contributed by atoms with van der Waals surface area (Å²) in [6, 6.07) is 7.46. The molecule has 0 saturated carbocycles. The molecule has 3 N–H and O–H groups in total. The largest absolute Gasteiger partial charge is 0.394 e. The number of hydrogen-bond acceptors (Lipinski definition) is 3. The Hall–Kier alpha value is -1.88. The maximum absolute atomic E-state index is 11.7. The fourth-order valence-corrected chi connectivity index (χ4v) is 1.64. The van der Waals surface area contributed by atoms with E-state index < -0.39 is 12.1 Å². The van der Waals surface area contributed by atoms with E-state index in [0.717, 1.165) is 5.56 Å². The van der Waals surface area contributed by atoms with Crippen molar-refractivity contribution in [3.63, 3.8) is 0 Å². The van der Waals surface area contributed by atoms with Crippen LogP contribution in [0, 0.1) is 0 Å². The van der Waals surface area contributed by atoms with E-state index in [0.29, 0.717) is 0 Å². The van der Waals surface area contributed by atoms with Gasteiger partial charge in [-0.25, -0.2) is 0 Å². The van der Waals surface area contributed by atoms with Gasteiger partial charge in [0.15, 0.2) is 0 Å². The molecule has 2 amide bonds. The maximum atomic E-state index is 11.7. The number of aliphatic hydroxyl groups excluding tert-OH is 1. The van der Waals surface area contributed by atoms with Crippen molar-refractivity contribution < 1.29 is 14.7 Å². The molecule has 2 atom stereocenters. The molecule has 1 aromatic rings. The van der Waals surface area contributed by atoms with Crippen LogP contribution >= 0.6 is 0 Å². The number of carbonyl (C=O) groups excluding carboxylic acids is 2.